The molecule has 1 aromatic carbocycles. The Morgan fingerprint density at radius 1 is 1.09 bits per heavy atom. The molecular formula is C27H31N3O4. The molecule has 1 aliphatic heterocycles. The first-order chi connectivity index (χ1) is 16.6. The minimum Gasteiger partial charge on any atom is -0.467 e. The SMILES string of the molecule is CCCCNC(=O)c1cn(Cc2ccco2)cc(C(=O)N2CCC[C@H](c3ccccc3)C2)c1=O. The quantitative estimate of drug-likeness (QED) is 0.513. The maximum Gasteiger partial charge on any atom is 0.259 e. The molecule has 1 aliphatic rings. The summed E-state index contributed by atoms with van der Waals surface area (Å²) in [6.07, 6.45) is 8.23. The summed E-state index contributed by atoms with van der Waals surface area (Å²) < 4.78 is 7.11. The van der Waals surface area contributed by atoms with Crippen molar-refractivity contribution < 1.29 is 14.0 Å². The van der Waals surface area contributed by atoms with Gasteiger partial charge < -0.3 is 19.2 Å². The molecule has 3 heterocycles. The van der Waals surface area contributed by atoms with Crippen molar-refractivity contribution in [2.75, 3.05) is 19.6 Å². The van der Waals surface area contributed by atoms with Crippen LogP contribution in [0.3, 0.4) is 0 Å². The Labute approximate surface area is 199 Å². The van der Waals surface area contributed by atoms with Gasteiger partial charge in [0.15, 0.2) is 0 Å². The number of hydrogen-bond acceptors (Lipinski definition) is 4. The molecule has 1 N–H and O–H groups in total. The molecule has 2 amide bonds. The second-order valence-corrected chi connectivity index (χ2v) is 8.78. The van der Waals surface area contributed by atoms with Gasteiger partial charge in [-0.2, -0.15) is 0 Å². The number of aromatic nitrogens is 1. The lowest BCUT2D eigenvalue weighted by molar-refractivity contribution is 0.0704. The van der Waals surface area contributed by atoms with Crippen LogP contribution in [0, 0.1) is 0 Å². The Bertz CT molecular complexity index is 1170. The van der Waals surface area contributed by atoms with Crippen LogP contribution in [0.5, 0.6) is 0 Å². The molecule has 2 aromatic heterocycles. The van der Waals surface area contributed by atoms with Gasteiger partial charge in [-0.1, -0.05) is 43.7 Å². The van der Waals surface area contributed by atoms with E-state index >= 15 is 0 Å². The van der Waals surface area contributed by atoms with Gasteiger partial charge >= 0.3 is 0 Å². The van der Waals surface area contributed by atoms with Gasteiger partial charge in [0, 0.05) is 37.9 Å². The number of amides is 2. The number of nitrogens with one attached hydrogen (secondary N) is 1. The van der Waals surface area contributed by atoms with Crippen LogP contribution in [0.15, 0.2) is 70.3 Å². The van der Waals surface area contributed by atoms with Crippen molar-refractivity contribution >= 4 is 11.8 Å². The van der Waals surface area contributed by atoms with Crippen molar-refractivity contribution in [2.24, 2.45) is 0 Å². The highest BCUT2D eigenvalue weighted by Gasteiger charge is 2.28. The monoisotopic (exact) mass is 461 g/mol. The number of rotatable bonds is 8. The Morgan fingerprint density at radius 2 is 1.88 bits per heavy atom. The highest BCUT2D eigenvalue weighted by Crippen LogP contribution is 2.27. The predicted molar refractivity (Wildman–Crippen MR) is 130 cm³/mol. The topological polar surface area (TPSA) is 84.6 Å². The first kappa shape index (κ1) is 23.5. The van der Waals surface area contributed by atoms with E-state index in [1.807, 2.05) is 31.2 Å². The van der Waals surface area contributed by atoms with Crippen molar-refractivity contribution in [3.8, 4) is 0 Å². The van der Waals surface area contributed by atoms with Gasteiger partial charge in [-0.3, -0.25) is 14.4 Å². The first-order valence-electron chi connectivity index (χ1n) is 12.0. The fraction of sp³-hybridized carbons (Fsp3) is 0.370. The summed E-state index contributed by atoms with van der Waals surface area (Å²) >= 11 is 0. The third-order valence-electron chi connectivity index (χ3n) is 6.27. The van der Waals surface area contributed by atoms with Gasteiger partial charge in [0.2, 0.25) is 5.43 Å². The van der Waals surface area contributed by atoms with Crippen LogP contribution in [0.1, 0.15) is 70.6 Å². The molecular weight excluding hydrogens is 430 g/mol. The minimum absolute atomic E-state index is 0.0170. The van der Waals surface area contributed by atoms with Crippen LogP contribution in [-0.4, -0.2) is 40.9 Å². The second kappa shape index (κ2) is 11.0. The Hall–Kier alpha value is -3.61. The van der Waals surface area contributed by atoms with Crippen molar-refractivity contribution in [1.29, 1.82) is 0 Å². The van der Waals surface area contributed by atoms with Gasteiger partial charge in [0.25, 0.3) is 11.8 Å². The van der Waals surface area contributed by atoms with E-state index in [0.29, 0.717) is 31.9 Å². The highest BCUT2D eigenvalue weighted by atomic mass is 16.3. The van der Waals surface area contributed by atoms with Gasteiger partial charge in [-0.15, -0.1) is 0 Å². The van der Waals surface area contributed by atoms with E-state index < -0.39 is 11.3 Å². The minimum atomic E-state index is -0.531. The van der Waals surface area contributed by atoms with Crippen molar-refractivity contribution in [3.63, 3.8) is 0 Å². The van der Waals surface area contributed by atoms with E-state index in [1.54, 1.807) is 28.0 Å². The summed E-state index contributed by atoms with van der Waals surface area (Å²) in [5, 5.41) is 2.80. The fourth-order valence-electron chi connectivity index (χ4n) is 4.42. The number of pyridine rings is 1. The lowest BCUT2D eigenvalue weighted by atomic mass is 9.90. The van der Waals surface area contributed by atoms with E-state index in [-0.39, 0.29) is 23.0 Å². The molecule has 4 rings (SSSR count). The fourth-order valence-corrected chi connectivity index (χ4v) is 4.42. The number of benzene rings is 1. The van der Waals surface area contributed by atoms with Crippen LogP contribution in [0.25, 0.3) is 0 Å². The largest absolute Gasteiger partial charge is 0.467 e. The van der Waals surface area contributed by atoms with Crippen LogP contribution >= 0.6 is 0 Å². The maximum atomic E-state index is 13.5. The molecule has 1 saturated heterocycles. The number of likely N-dealkylation sites (tertiary alicyclic amines) is 1. The summed E-state index contributed by atoms with van der Waals surface area (Å²) in [6, 6.07) is 13.7. The maximum absolute atomic E-state index is 13.5. The molecule has 3 aromatic rings. The van der Waals surface area contributed by atoms with Crippen LogP contribution < -0.4 is 10.7 Å². The van der Waals surface area contributed by atoms with Crippen LogP contribution in [0.4, 0.5) is 0 Å². The van der Waals surface area contributed by atoms with Gasteiger partial charge in [-0.25, -0.2) is 0 Å². The number of unbranched alkanes of at least 4 members (excludes halogenated alkanes) is 1. The molecule has 0 saturated carbocycles. The average molecular weight is 462 g/mol. The molecule has 34 heavy (non-hydrogen) atoms. The number of furan rings is 1. The molecule has 0 unspecified atom stereocenters. The first-order valence-corrected chi connectivity index (χ1v) is 12.0. The molecule has 1 atom stereocenters. The summed E-state index contributed by atoms with van der Waals surface area (Å²) in [5.74, 6) is 0.107. The highest BCUT2D eigenvalue weighted by molar-refractivity contribution is 5.99. The van der Waals surface area contributed by atoms with Crippen molar-refractivity contribution in [1.82, 2.24) is 14.8 Å². The van der Waals surface area contributed by atoms with Crippen molar-refractivity contribution in [2.45, 2.75) is 45.1 Å². The Balaban J connectivity index is 1.63. The Kier molecular flexibility index (Phi) is 7.62. The molecule has 0 aliphatic carbocycles. The zero-order valence-corrected chi connectivity index (χ0v) is 19.5. The van der Waals surface area contributed by atoms with E-state index in [2.05, 4.69) is 17.4 Å². The lowest BCUT2D eigenvalue weighted by Gasteiger charge is -2.33. The number of carbonyl (C=O) groups excluding carboxylic acids is 2. The zero-order valence-electron chi connectivity index (χ0n) is 19.5. The van der Waals surface area contributed by atoms with E-state index in [0.717, 1.165) is 25.7 Å². The van der Waals surface area contributed by atoms with Gasteiger partial charge in [0.05, 0.1) is 12.8 Å². The number of nitrogens with zero attached hydrogens (tertiary/aromatic N) is 2. The number of piperidine rings is 1. The Morgan fingerprint density at radius 3 is 2.62 bits per heavy atom. The third-order valence-corrected chi connectivity index (χ3v) is 6.27. The average Bonchev–Trinajstić information content (AvgIpc) is 3.38. The normalized spacial score (nSPS) is 15.8. The standard InChI is InChI=1S/C27H31N3O4/c1-2-3-13-28-26(32)23-18-29(17-22-12-8-15-34-22)19-24(25(23)31)27(33)30-14-7-11-21(16-30)20-9-5-4-6-10-20/h4-6,8-10,12,15,18-19,21H,2-3,7,11,13-14,16-17H2,1H3,(H,28,32)/t21-/m0/s1. The molecule has 0 bridgehead atoms. The summed E-state index contributed by atoms with van der Waals surface area (Å²) in [4.78, 5) is 41.4. The number of hydrogen-bond donors (Lipinski definition) is 1. The number of carbonyl (C=O) groups is 2. The summed E-state index contributed by atoms with van der Waals surface area (Å²) in [6.45, 7) is 3.97. The van der Waals surface area contributed by atoms with Crippen LogP contribution in [0.2, 0.25) is 0 Å². The lowest BCUT2D eigenvalue weighted by Crippen LogP contribution is -2.42. The van der Waals surface area contributed by atoms with Gasteiger partial charge in [0.1, 0.15) is 16.9 Å². The molecule has 7 heteroatoms. The van der Waals surface area contributed by atoms with Gasteiger partial charge in [-0.05, 0) is 37.0 Å². The second-order valence-electron chi connectivity index (χ2n) is 8.78. The molecule has 7 nitrogen and oxygen atoms in total. The predicted octanol–water partition coefficient (Wildman–Crippen LogP) is 4.04. The van der Waals surface area contributed by atoms with E-state index in [1.165, 1.54) is 11.8 Å². The molecule has 0 radical (unpaired) electrons. The van der Waals surface area contributed by atoms with E-state index in [4.69, 9.17) is 4.42 Å². The van der Waals surface area contributed by atoms with Crippen molar-refractivity contribution in [3.05, 3.63) is 93.8 Å². The third kappa shape index (κ3) is 5.47. The molecule has 1 fully saturated rings. The summed E-state index contributed by atoms with van der Waals surface area (Å²) in [7, 11) is 0. The zero-order chi connectivity index (χ0) is 23.9. The van der Waals surface area contributed by atoms with E-state index in [9.17, 15) is 14.4 Å². The van der Waals surface area contributed by atoms with Crippen LogP contribution in [-0.2, 0) is 6.54 Å². The summed E-state index contributed by atoms with van der Waals surface area (Å²) in [5.41, 5.74) is 0.657. The smallest absolute Gasteiger partial charge is 0.259 e. The molecule has 0 spiro atoms. The molecule has 178 valence electrons.